The normalized spacial score (nSPS) is 17.9. The molecule has 1 aromatic rings. The van der Waals surface area contributed by atoms with Crippen molar-refractivity contribution >= 4 is 0 Å². The maximum atomic E-state index is 6.09. The van der Waals surface area contributed by atoms with Crippen LogP contribution in [-0.2, 0) is 6.54 Å². The van der Waals surface area contributed by atoms with Crippen molar-refractivity contribution in [3.63, 3.8) is 0 Å². The van der Waals surface area contributed by atoms with Crippen LogP contribution in [-0.4, -0.2) is 30.6 Å². The van der Waals surface area contributed by atoms with Crippen molar-refractivity contribution in [3.05, 3.63) is 29.8 Å². The summed E-state index contributed by atoms with van der Waals surface area (Å²) < 4.78 is 5.30. The lowest BCUT2D eigenvalue weighted by Crippen LogP contribution is -2.51. The Morgan fingerprint density at radius 2 is 2.05 bits per heavy atom. The van der Waals surface area contributed by atoms with Crippen molar-refractivity contribution in [3.8, 4) is 5.75 Å². The maximum absolute atomic E-state index is 6.09. The van der Waals surface area contributed by atoms with Gasteiger partial charge in [0.2, 0.25) is 0 Å². The molecule has 106 valence electrons. The standard InChI is InChI=1S/C16H26N2O/c1-3-18(16(13-17)9-4-5-10-16)12-14-7-6-8-15(11-14)19-2/h6-8,11H,3-5,9-10,12-13,17H2,1-2H3. The highest BCUT2D eigenvalue weighted by atomic mass is 16.5. The number of ether oxygens (including phenoxy) is 1. The molecule has 0 heterocycles. The molecule has 3 nitrogen and oxygen atoms in total. The van der Waals surface area contributed by atoms with Gasteiger partial charge in [-0.25, -0.2) is 0 Å². The van der Waals surface area contributed by atoms with Crippen LogP contribution in [0.25, 0.3) is 0 Å². The van der Waals surface area contributed by atoms with E-state index in [2.05, 4.69) is 30.0 Å². The van der Waals surface area contributed by atoms with E-state index in [9.17, 15) is 0 Å². The van der Waals surface area contributed by atoms with E-state index in [1.165, 1.54) is 31.2 Å². The van der Waals surface area contributed by atoms with Gasteiger partial charge in [0.15, 0.2) is 0 Å². The van der Waals surface area contributed by atoms with E-state index >= 15 is 0 Å². The minimum absolute atomic E-state index is 0.220. The van der Waals surface area contributed by atoms with Crippen LogP contribution < -0.4 is 10.5 Å². The molecule has 1 saturated carbocycles. The fourth-order valence-corrected chi connectivity index (χ4v) is 3.29. The predicted octanol–water partition coefficient (Wildman–Crippen LogP) is 2.79. The van der Waals surface area contributed by atoms with Crippen molar-refractivity contribution in [2.24, 2.45) is 5.73 Å². The Morgan fingerprint density at radius 1 is 1.32 bits per heavy atom. The number of hydrogen-bond acceptors (Lipinski definition) is 3. The van der Waals surface area contributed by atoms with E-state index in [4.69, 9.17) is 10.5 Å². The average molecular weight is 262 g/mol. The van der Waals surface area contributed by atoms with E-state index in [0.29, 0.717) is 0 Å². The Hall–Kier alpha value is -1.06. The smallest absolute Gasteiger partial charge is 0.119 e. The summed E-state index contributed by atoms with van der Waals surface area (Å²) in [4.78, 5) is 2.55. The zero-order valence-electron chi connectivity index (χ0n) is 12.2. The van der Waals surface area contributed by atoms with Gasteiger partial charge in [-0.05, 0) is 37.1 Å². The van der Waals surface area contributed by atoms with Gasteiger partial charge in [-0.2, -0.15) is 0 Å². The molecule has 1 aliphatic rings. The maximum Gasteiger partial charge on any atom is 0.119 e. The first-order valence-corrected chi connectivity index (χ1v) is 7.32. The lowest BCUT2D eigenvalue weighted by molar-refractivity contribution is 0.0970. The van der Waals surface area contributed by atoms with Gasteiger partial charge >= 0.3 is 0 Å². The summed E-state index contributed by atoms with van der Waals surface area (Å²) in [5.41, 5.74) is 7.62. The van der Waals surface area contributed by atoms with E-state index < -0.39 is 0 Å². The molecular weight excluding hydrogens is 236 g/mol. The number of nitrogens with zero attached hydrogens (tertiary/aromatic N) is 1. The Labute approximate surface area is 116 Å². The van der Waals surface area contributed by atoms with Gasteiger partial charge in [-0.3, -0.25) is 4.90 Å². The summed E-state index contributed by atoms with van der Waals surface area (Å²) in [6, 6.07) is 8.35. The quantitative estimate of drug-likeness (QED) is 0.856. The molecule has 1 aromatic carbocycles. The molecule has 0 aliphatic heterocycles. The highest BCUT2D eigenvalue weighted by molar-refractivity contribution is 5.28. The fourth-order valence-electron chi connectivity index (χ4n) is 3.29. The molecule has 2 rings (SSSR count). The topological polar surface area (TPSA) is 38.5 Å². The second-order valence-corrected chi connectivity index (χ2v) is 5.50. The number of rotatable bonds is 6. The lowest BCUT2D eigenvalue weighted by Gasteiger charge is -2.40. The minimum Gasteiger partial charge on any atom is -0.497 e. The average Bonchev–Trinajstić information content (AvgIpc) is 2.95. The number of hydrogen-bond donors (Lipinski definition) is 1. The summed E-state index contributed by atoms with van der Waals surface area (Å²) in [6.45, 7) is 5.01. The Morgan fingerprint density at radius 3 is 2.63 bits per heavy atom. The van der Waals surface area contributed by atoms with Gasteiger partial charge in [-0.1, -0.05) is 31.9 Å². The highest BCUT2D eigenvalue weighted by Crippen LogP contribution is 2.35. The molecule has 19 heavy (non-hydrogen) atoms. The number of benzene rings is 1. The first-order chi connectivity index (χ1) is 9.24. The SMILES string of the molecule is CCN(Cc1cccc(OC)c1)C1(CN)CCCC1. The molecule has 0 bridgehead atoms. The second kappa shape index (κ2) is 6.40. The molecule has 0 atom stereocenters. The molecule has 1 fully saturated rings. The van der Waals surface area contributed by atoms with Gasteiger partial charge in [-0.15, -0.1) is 0 Å². The zero-order chi connectivity index (χ0) is 13.7. The van der Waals surface area contributed by atoms with E-state index in [-0.39, 0.29) is 5.54 Å². The van der Waals surface area contributed by atoms with Gasteiger partial charge in [0, 0.05) is 18.6 Å². The molecule has 0 aromatic heterocycles. The minimum atomic E-state index is 0.220. The summed E-state index contributed by atoms with van der Waals surface area (Å²) in [5.74, 6) is 0.932. The van der Waals surface area contributed by atoms with E-state index in [0.717, 1.165) is 25.4 Å². The molecule has 1 aliphatic carbocycles. The van der Waals surface area contributed by atoms with Crippen molar-refractivity contribution in [2.45, 2.75) is 44.7 Å². The summed E-state index contributed by atoms with van der Waals surface area (Å²) >= 11 is 0. The molecule has 0 unspecified atom stereocenters. The third kappa shape index (κ3) is 3.10. The largest absolute Gasteiger partial charge is 0.497 e. The number of methoxy groups -OCH3 is 1. The summed E-state index contributed by atoms with van der Waals surface area (Å²) in [6.07, 6.45) is 5.10. The van der Waals surface area contributed by atoms with Crippen molar-refractivity contribution in [1.29, 1.82) is 0 Å². The molecule has 0 saturated heterocycles. The summed E-state index contributed by atoms with van der Waals surface area (Å²) in [7, 11) is 1.72. The monoisotopic (exact) mass is 262 g/mol. The molecule has 2 N–H and O–H groups in total. The van der Waals surface area contributed by atoms with Gasteiger partial charge < -0.3 is 10.5 Å². The third-order valence-electron chi connectivity index (χ3n) is 4.47. The first kappa shape index (κ1) is 14.4. The van der Waals surface area contributed by atoms with Gasteiger partial charge in [0.25, 0.3) is 0 Å². The van der Waals surface area contributed by atoms with Gasteiger partial charge in [0.1, 0.15) is 5.75 Å². The van der Waals surface area contributed by atoms with E-state index in [1.54, 1.807) is 7.11 Å². The molecular formula is C16H26N2O. The Bertz CT molecular complexity index is 399. The van der Waals surface area contributed by atoms with Gasteiger partial charge in [0.05, 0.1) is 7.11 Å². The fraction of sp³-hybridized carbons (Fsp3) is 0.625. The van der Waals surface area contributed by atoms with Crippen molar-refractivity contribution in [2.75, 3.05) is 20.2 Å². The number of nitrogens with two attached hydrogens (primary N) is 1. The van der Waals surface area contributed by atoms with Crippen LogP contribution in [0.4, 0.5) is 0 Å². The first-order valence-electron chi connectivity index (χ1n) is 7.32. The van der Waals surface area contributed by atoms with Crippen LogP contribution in [0.5, 0.6) is 5.75 Å². The predicted molar refractivity (Wildman–Crippen MR) is 79.3 cm³/mol. The van der Waals surface area contributed by atoms with Crippen LogP contribution >= 0.6 is 0 Å². The molecule has 3 heteroatoms. The zero-order valence-corrected chi connectivity index (χ0v) is 12.2. The Kier molecular flexibility index (Phi) is 4.83. The summed E-state index contributed by atoms with van der Waals surface area (Å²) in [5, 5.41) is 0. The lowest BCUT2D eigenvalue weighted by atomic mass is 9.94. The van der Waals surface area contributed by atoms with Crippen LogP contribution in [0.1, 0.15) is 38.2 Å². The number of likely N-dealkylation sites (N-methyl/N-ethyl adjacent to an activating group) is 1. The van der Waals surface area contributed by atoms with Crippen LogP contribution in [0.3, 0.4) is 0 Å². The third-order valence-corrected chi connectivity index (χ3v) is 4.47. The van der Waals surface area contributed by atoms with Crippen LogP contribution in [0.2, 0.25) is 0 Å². The molecule has 0 amide bonds. The molecule has 0 radical (unpaired) electrons. The van der Waals surface area contributed by atoms with E-state index in [1.807, 2.05) is 6.07 Å². The van der Waals surface area contributed by atoms with Crippen LogP contribution in [0.15, 0.2) is 24.3 Å². The highest BCUT2D eigenvalue weighted by Gasteiger charge is 2.37. The molecule has 0 spiro atoms. The Balaban J connectivity index is 2.13. The second-order valence-electron chi connectivity index (χ2n) is 5.50. The van der Waals surface area contributed by atoms with Crippen molar-refractivity contribution in [1.82, 2.24) is 4.90 Å². The van der Waals surface area contributed by atoms with Crippen molar-refractivity contribution < 1.29 is 4.74 Å². The van der Waals surface area contributed by atoms with Crippen LogP contribution in [0, 0.1) is 0 Å².